The lowest BCUT2D eigenvalue weighted by Crippen LogP contribution is -2.31. The number of nitrogens with one attached hydrogen (secondary N) is 2. The van der Waals surface area contributed by atoms with Crippen LogP contribution in [-0.2, 0) is 13.0 Å². The number of nitrogens with zero attached hydrogens (tertiary/aromatic N) is 2. The van der Waals surface area contributed by atoms with Gasteiger partial charge in [-0.3, -0.25) is 4.98 Å². The summed E-state index contributed by atoms with van der Waals surface area (Å²) in [5.74, 6) is -0.364. The Hall–Kier alpha value is -2.68. The van der Waals surface area contributed by atoms with E-state index in [4.69, 9.17) is 11.6 Å². The van der Waals surface area contributed by atoms with Crippen molar-refractivity contribution in [1.82, 2.24) is 15.0 Å². The van der Waals surface area contributed by atoms with Gasteiger partial charge in [0.05, 0.1) is 16.2 Å². The normalized spacial score (nSPS) is 14.5. The summed E-state index contributed by atoms with van der Waals surface area (Å²) in [6.07, 6.45) is -4.14. The van der Waals surface area contributed by atoms with Crippen molar-refractivity contribution in [2.45, 2.75) is 19.3 Å². The number of aromatic nitrogens is 3. The number of imidazole rings is 1. The lowest BCUT2D eigenvalue weighted by Gasteiger charge is -2.31. The number of ether oxygens (including phenoxy) is 1. The maximum atomic E-state index is 12.3. The first-order valence-electron chi connectivity index (χ1n) is 7.69. The number of hydrogen-bond acceptors (Lipinski definition) is 4. The van der Waals surface area contributed by atoms with Gasteiger partial charge < -0.3 is 14.6 Å². The highest BCUT2D eigenvalue weighted by atomic mass is 35.5. The second-order valence-electron chi connectivity index (χ2n) is 5.90. The van der Waals surface area contributed by atoms with Crippen LogP contribution < -0.4 is 15.3 Å². The summed E-state index contributed by atoms with van der Waals surface area (Å²) >= 11 is 6.16. The number of H-pyrrole nitrogens is 2. The molecule has 2 aromatic heterocycles. The van der Waals surface area contributed by atoms with Crippen LogP contribution in [0.15, 0.2) is 29.1 Å². The first kappa shape index (κ1) is 16.8. The standard InChI is InChI=1S/C16H12ClF3N4O2/c17-10-6-9(26-16(18,19)20)1-2-13(10)24-4-3-11-8(7-24)5-12-14(21-11)23-15(25)22-12/h1-2,5-6H,3-4,7H2,(H2,21,22,23,25). The zero-order valence-electron chi connectivity index (χ0n) is 13.2. The maximum absolute atomic E-state index is 12.3. The van der Waals surface area contributed by atoms with E-state index >= 15 is 0 Å². The zero-order chi connectivity index (χ0) is 18.5. The summed E-state index contributed by atoms with van der Waals surface area (Å²) in [6.45, 7) is 1.07. The molecule has 0 bridgehead atoms. The minimum atomic E-state index is -4.76. The molecule has 0 saturated carbocycles. The number of aromatic amines is 2. The van der Waals surface area contributed by atoms with Crippen molar-refractivity contribution in [3.8, 4) is 5.75 Å². The van der Waals surface area contributed by atoms with Gasteiger partial charge in [-0.1, -0.05) is 11.6 Å². The van der Waals surface area contributed by atoms with E-state index < -0.39 is 6.36 Å². The van der Waals surface area contributed by atoms with Crippen LogP contribution in [0.3, 0.4) is 0 Å². The molecule has 3 heterocycles. The SMILES string of the molecule is O=c1[nH]c2cc3c(nc2[nH]1)CCN(c1ccc(OC(F)(F)F)cc1Cl)C3. The largest absolute Gasteiger partial charge is 0.573 e. The first-order chi connectivity index (χ1) is 12.3. The van der Waals surface area contributed by atoms with E-state index in [0.29, 0.717) is 36.4 Å². The van der Waals surface area contributed by atoms with E-state index in [1.807, 2.05) is 11.0 Å². The van der Waals surface area contributed by atoms with Crippen molar-refractivity contribution in [2.75, 3.05) is 11.4 Å². The number of alkyl halides is 3. The molecule has 1 aliphatic heterocycles. The van der Waals surface area contributed by atoms with Crippen LogP contribution in [0, 0.1) is 0 Å². The van der Waals surface area contributed by atoms with Crippen LogP contribution in [0.25, 0.3) is 11.2 Å². The van der Waals surface area contributed by atoms with Gasteiger partial charge in [0.1, 0.15) is 5.75 Å². The predicted molar refractivity (Wildman–Crippen MR) is 89.6 cm³/mol. The van der Waals surface area contributed by atoms with Gasteiger partial charge in [-0.05, 0) is 23.8 Å². The Morgan fingerprint density at radius 2 is 2.04 bits per heavy atom. The fourth-order valence-electron chi connectivity index (χ4n) is 3.07. The number of fused-ring (bicyclic) bond motifs is 2. The fraction of sp³-hybridized carbons (Fsp3) is 0.250. The molecule has 1 aliphatic rings. The molecule has 26 heavy (non-hydrogen) atoms. The van der Waals surface area contributed by atoms with Crippen molar-refractivity contribution in [1.29, 1.82) is 0 Å². The number of halogens is 4. The van der Waals surface area contributed by atoms with Crippen LogP contribution >= 0.6 is 11.6 Å². The summed E-state index contributed by atoms with van der Waals surface area (Å²) in [5, 5.41) is 0.166. The third kappa shape index (κ3) is 3.22. The maximum Gasteiger partial charge on any atom is 0.573 e. The summed E-state index contributed by atoms with van der Waals surface area (Å²) in [4.78, 5) is 23.1. The van der Waals surface area contributed by atoms with Crippen LogP contribution in [0.4, 0.5) is 18.9 Å². The van der Waals surface area contributed by atoms with Crippen molar-refractivity contribution in [3.63, 3.8) is 0 Å². The quantitative estimate of drug-likeness (QED) is 0.710. The molecule has 0 saturated heterocycles. The number of benzene rings is 1. The highest BCUT2D eigenvalue weighted by molar-refractivity contribution is 6.33. The highest BCUT2D eigenvalue weighted by Crippen LogP contribution is 2.34. The molecule has 136 valence electrons. The van der Waals surface area contributed by atoms with Gasteiger partial charge >= 0.3 is 12.1 Å². The first-order valence-corrected chi connectivity index (χ1v) is 8.07. The Morgan fingerprint density at radius 3 is 2.77 bits per heavy atom. The summed E-state index contributed by atoms with van der Waals surface area (Å²) in [7, 11) is 0. The third-order valence-corrected chi connectivity index (χ3v) is 4.45. The molecule has 0 radical (unpaired) electrons. The van der Waals surface area contributed by atoms with Gasteiger partial charge in [0.2, 0.25) is 0 Å². The summed E-state index contributed by atoms with van der Waals surface area (Å²) < 4.78 is 40.8. The van der Waals surface area contributed by atoms with Crippen molar-refractivity contribution < 1.29 is 17.9 Å². The van der Waals surface area contributed by atoms with Gasteiger partial charge in [0.25, 0.3) is 0 Å². The minimum absolute atomic E-state index is 0.166. The molecule has 2 N–H and O–H groups in total. The Morgan fingerprint density at radius 1 is 1.23 bits per heavy atom. The lowest BCUT2D eigenvalue weighted by molar-refractivity contribution is -0.274. The molecule has 3 aromatic rings. The van der Waals surface area contributed by atoms with Gasteiger partial charge in [0.15, 0.2) is 5.65 Å². The molecule has 6 nitrogen and oxygen atoms in total. The molecule has 4 rings (SSSR count). The van der Waals surface area contributed by atoms with Gasteiger partial charge in [0, 0.05) is 31.3 Å². The smallest absolute Gasteiger partial charge is 0.406 e. The van der Waals surface area contributed by atoms with Crippen LogP contribution in [0.5, 0.6) is 5.75 Å². The van der Waals surface area contributed by atoms with Gasteiger partial charge in [-0.2, -0.15) is 0 Å². The Bertz CT molecular complexity index is 1040. The van der Waals surface area contributed by atoms with E-state index in [1.165, 1.54) is 12.1 Å². The molecule has 0 unspecified atom stereocenters. The Labute approximate surface area is 149 Å². The molecular formula is C16H12ClF3N4O2. The predicted octanol–water partition coefficient (Wildman–Crippen LogP) is 3.37. The lowest BCUT2D eigenvalue weighted by atomic mass is 10.0. The number of rotatable bonds is 2. The van der Waals surface area contributed by atoms with Crippen molar-refractivity contribution >= 4 is 28.5 Å². The topological polar surface area (TPSA) is 74.0 Å². The second kappa shape index (κ2) is 5.94. The Kier molecular flexibility index (Phi) is 3.83. The van der Waals surface area contributed by atoms with Crippen molar-refractivity contribution in [2.24, 2.45) is 0 Å². The molecule has 0 aliphatic carbocycles. The van der Waals surface area contributed by atoms with E-state index in [-0.39, 0.29) is 16.5 Å². The Balaban J connectivity index is 1.62. The number of anilines is 1. The molecule has 0 amide bonds. The highest BCUT2D eigenvalue weighted by Gasteiger charge is 2.31. The zero-order valence-corrected chi connectivity index (χ0v) is 13.9. The molecule has 1 aromatic carbocycles. The molecule has 0 spiro atoms. The minimum Gasteiger partial charge on any atom is -0.406 e. The van der Waals surface area contributed by atoms with E-state index in [2.05, 4.69) is 19.7 Å². The molecular weight excluding hydrogens is 373 g/mol. The molecule has 0 atom stereocenters. The van der Waals surface area contributed by atoms with Crippen LogP contribution in [0.1, 0.15) is 11.3 Å². The fourth-order valence-corrected chi connectivity index (χ4v) is 3.36. The number of pyridine rings is 1. The average molecular weight is 385 g/mol. The third-order valence-electron chi connectivity index (χ3n) is 4.14. The molecule has 10 heteroatoms. The number of hydrogen-bond donors (Lipinski definition) is 2. The second-order valence-corrected chi connectivity index (χ2v) is 6.31. The van der Waals surface area contributed by atoms with Gasteiger partial charge in [-0.25, -0.2) is 9.78 Å². The molecule has 0 fully saturated rings. The van der Waals surface area contributed by atoms with E-state index in [1.54, 1.807) is 0 Å². The average Bonchev–Trinajstić information content (AvgIpc) is 2.89. The van der Waals surface area contributed by atoms with Crippen LogP contribution in [-0.4, -0.2) is 27.9 Å². The van der Waals surface area contributed by atoms with Crippen molar-refractivity contribution in [3.05, 3.63) is 51.0 Å². The monoisotopic (exact) mass is 384 g/mol. The summed E-state index contributed by atoms with van der Waals surface area (Å²) in [6, 6.07) is 5.72. The van der Waals surface area contributed by atoms with Gasteiger partial charge in [-0.15, -0.1) is 13.2 Å². The van der Waals surface area contributed by atoms with Crippen LogP contribution in [0.2, 0.25) is 5.02 Å². The summed E-state index contributed by atoms with van der Waals surface area (Å²) in [5.41, 5.74) is 3.19. The van der Waals surface area contributed by atoms with E-state index in [0.717, 1.165) is 17.3 Å². The van der Waals surface area contributed by atoms with E-state index in [9.17, 15) is 18.0 Å².